The number of benzene rings is 1. The maximum absolute atomic E-state index is 13.1. The molecule has 0 aliphatic carbocycles. The van der Waals surface area contributed by atoms with Crippen LogP contribution >= 0.6 is 12.2 Å². The summed E-state index contributed by atoms with van der Waals surface area (Å²) in [6.07, 6.45) is -2.46. The number of thiocarbonyl (C=S) groups is 1. The summed E-state index contributed by atoms with van der Waals surface area (Å²) in [6, 6.07) is 7.26. The third-order valence-electron chi connectivity index (χ3n) is 4.56. The topological polar surface area (TPSA) is 62.7 Å². The second-order valence-corrected chi connectivity index (χ2v) is 7.25. The van der Waals surface area contributed by atoms with E-state index in [1.807, 2.05) is 26.0 Å². The van der Waals surface area contributed by atoms with Crippen LogP contribution in [0.3, 0.4) is 0 Å². The molecule has 0 amide bonds. The average Bonchev–Trinajstić information content (AvgIpc) is 2.78. The van der Waals surface area contributed by atoms with Gasteiger partial charge in [-0.2, -0.15) is 13.2 Å². The largest absolute Gasteiger partial charge is 0.416 e. The van der Waals surface area contributed by atoms with Crippen molar-refractivity contribution in [3.05, 3.63) is 59.0 Å². The lowest BCUT2D eigenvalue weighted by molar-refractivity contribution is -0.137. The molecule has 29 heavy (non-hydrogen) atoms. The summed E-state index contributed by atoms with van der Waals surface area (Å²) in [5, 5.41) is 6.03. The van der Waals surface area contributed by atoms with Crippen LogP contribution in [0.5, 0.6) is 0 Å². The summed E-state index contributed by atoms with van der Waals surface area (Å²) in [6.45, 7) is 3.77. The zero-order valence-electron chi connectivity index (χ0n) is 15.6. The van der Waals surface area contributed by atoms with Gasteiger partial charge in [0.25, 0.3) is 0 Å². The number of anilines is 3. The summed E-state index contributed by atoms with van der Waals surface area (Å²) in [4.78, 5) is 13.7. The molecule has 3 heterocycles. The van der Waals surface area contributed by atoms with E-state index in [0.29, 0.717) is 28.6 Å². The third kappa shape index (κ3) is 3.91. The number of rotatable bonds is 2. The van der Waals surface area contributed by atoms with Crippen LogP contribution in [0, 0.1) is 13.8 Å². The van der Waals surface area contributed by atoms with Gasteiger partial charge in [0.15, 0.2) is 0 Å². The Kier molecular flexibility index (Phi) is 4.70. The maximum atomic E-state index is 13.1. The molecule has 0 saturated carbocycles. The van der Waals surface area contributed by atoms with E-state index in [4.69, 9.17) is 12.2 Å². The van der Waals surface area contributed by atoms with Crippen molar-refractivity contribution in [3.63, 3.8) is 0 Å². The molecule has 148 valence electrons. The molecular weight excluding hydrogens is 399 g/mol. The van der Waals surface area contributed by atoms with E-state index >= 15 is 0 Å². The fourth-order valence-electron chi connectivity index (χ4n) is 3.17. The Morgan fingerprint density at radius 1 is 1.10 bits per heavy atom. The van der Waals surface area contributed by atoms with Crippen molar-refractivity contribution in [2.24, 2.45) is 0 Å². The van der Waals surface area contributed by atoms with Crippen molar-refractivity contribution in [1.82, 2.24) is 15.0 Å². The van der Waals surface area contributed by atoms with E-state index in [1.165, 1.54) is 6.07 Å². The number of aromatic nitrogens is 3. The van der Waals surface area contributed by atoms with E-state index in [9.17, 15) is 13.2 Å². The minimum absolute atomic E-state index is 0.279. The smallest absolute Gasteiger partial charge is 0.349 e. The number of nitrogens with zero attached hydrogens (tertiary/aromatic N) is 3. The zero-order valence-corrected chi connectivity index (χ0v) is 16.4. The van der Waals surface area contributed by atoms with Gasteiger partial charge in [0, 0.05) is 35.1 Å². The molecule has 4 rings (SSSR count). The quantitative estimate of drug-likeness (QED) is 0.560. The Hall–Kier alpha value is -3.07. The van der Waals surface area contributed by atoms with Crippen LogP contribution in [0.4, 0.5) is 30.5 Å². The number of hydrogen-bond donors (Lipinski definition) is 2. The van der Waals surface area contributed by atoms with Gasteiger partial charge in [-0.05, 0) is 38.1 Å². The summed E-state index contributed by atoms with van der Waals surface area (Å²) in [7, 11) is 0. The van der Waals surface area contributed by atoms with Crippen LogP contribution < -0.4 is 10.6 Å². The third-order valence-corrected chi connectivity index (χ3v) is 4.81. The lowest BCUT2D eigenvalue weighted by atomic mass is 10.0. The Morgan fingerprint density at radius 2 is 1.90 bits per heavy atom. The number of alkyl halides is 3. The minimum atomic E-state index is -4.44. The van der Waals surface area contributed by atoms with Gasteiger partial charge in [-0.3, -0.25) is 4.98 Å². The second-order valence-electron chi connectivity index (χ2n) is 6.76. The van der Waals surface area contributed by atoms with Crippen molar-refractivity contribution in [3.8, 4) is 11.3 Å². The second kappa shape index (κ2) is 7.07. The molecule has 0 bridgehead atoms. The molecule has 1 aliphatic heterocycles. The Morgan fingerprint density at radius 3 is 2.62 bits per heavy atom. The first-order valence-electron chi connectivity index (χ1n) is 8.79. The molecule has 1 aromatic carbocycles. The summed E-state index contributed by atoms with van der Waals surface area (Å²) in [5.74, 6) is 0.330. The van der Waals surface area contributed by atoms with Gasteiger partial charge in [-0.15, -0.1) is 0 Å². The number of pyridine rings is 1. The van der Waals surface area contributed by atoms with Crippen LogP contribution in [-0.4, -0.2) is 19.9 Å². The monoisotopic (exact) mass is 415 g/mol. The van der Waals surface area contributed by atoms with Crippen molar-refractivity contribution < 1.29 is 13.2 Å². The van der Waals surface area contributed by atoms with E-state index in [0.717, 1.165) is 34.8 Å². The van der Waals surface area contributed by atoms with Crippen molar-refractivity contribution >= 4 is 34.5 Å². The number of hydrogen-bond acceptors (Lipinski definition) is 5. The molecule has 5 nitrogen and oxygen atoms in total. The van der Waals surface area contributed by atoms with Crippen molar-refractivity contribution in [1.29, 1.82) is 0 Å². The number of fused-ring (bicyclic) bond motifs is 3. The van der Waals surface area contributed by atoms with Crippen LogP contribution in [0.1, 0.15) is 22.5 Å². The first-order valence-corrected chi connectivity index (χ1v) is 9.20. The molecule has 2 N–H and O–H groups in total. The van der Waals surface area contributed by atoms with Gasteiger partial charge in [0.1, 0.15) is 0 Å². The summed E-state index contributed by atoms with van der Waals surface area (Å²) in [5.41, 5.74) is 3.79. The number of nitrogens with one attached hydrogen (secondary N) is 2. The molecule has 0 atom stereocenters. The predicted molar refractivity (Wildman–Crippen MR) is 109 cm³/mol. The van der Waals surface area contributed by atoms with E-state index in [-0.39, 0.29) is 5.69 Å². The van der Waals surface area contributed by atoms with Gasteiger partial charge in [-0.1, -0.05) is 18.3 Å². The average molecular weight is 415 g/mol. The normalized spacial score (nSPS) is 13.2. The van der Waals surface area contributed by atoms with Gasteiger partial charge in [0.05, 0.1) is 27.6 Å². The number of halogens is 3. The predicted octanol–water partition coefficient (Wildman–Crippen LogP) is 5.21. The van der Waals surface area contributed by atoms with E-state index < -0.39 is 11.7 Å². The van der Waals surface area contributed by atoms with Crippen LogP contribution in [-0.2, 0) is 12.6 Å². The first kappa shape index (κ1) is 19.3. The molecule has 0 radical (unpaired) electrons. The Balaban J connectivity index is 1.78. The lowest BCUT2D eigenvalue weighted by Crippen LogP contribution is -2.11. The highest BCUT2D eigenvalue weighted by atomic mass is 32.1. The Labute approximate surface area is 170 Å². The standard InChI is InChI=1S/C20H16F3N5S/c1-10-3-6-15(11(2)25-10)27-19-24-9-12-7-17(29)26-16-8-13(20(21,22)23)4-5-14(16)18(12)28-19/h3-6,8-9H,7H2,1-2H3,(H,26,29)(H,24,27,28). The highest BCUT2D eigenvalue weighted by molar-refractivity contribution is 7.80. The molecule has 0 spiro atoms. The van der Waals surface area contributed by atoms with Gasteiger partial charge < -0.3 is 10.6 Å². The van der Waals surface area contributed by atoms with Gasteiger partial charge in [0.2, 0.25) is 5.95 Å². The minimum Gasteiger partial charge on any atom is -0.349 e. The fraction of sp³-hybridized carbons (Fsp3) is 0.200. The molecule has 0 fully saturated rings. The first-order chi connectivity index (χ1) is 13.7. The summed E-state index contributed by atoms with van der Waals surface area (Å²) >= 11 is 5.28. The zero-order chi connectivity index (χ0) is 20.8. The molecule has 2 aromatic heterocycles. The fourth-order valence-corrected chi connectivity index (χ4v) is 3.43. The maximum Gasteiger partial charge on any atom is 0.416 e. The van der Waals surface area contributed by atoms with Gasteiger partial charge in [-0.25, -0.2) is 9.97 Å². The highest BCUT2D eigenvalue weighted by Gasteiger charge is 2.32. The van der Waals surface area contributed by atoms with Crippen LogP contribution in [0.15, 0.2) is 36.5 Å². The molecule has 1 aliphatic rings. The van der Waals surface area contributed by atoms with Crippen LogP contribution in [0.2, 0.25) is 0 Å². The molecule has 3 aromatic rings. The van der Waals surface area contributed by atoms with Crippen LogP contribution in [0.25, 0.3) is 11.3 Å². The van der Waals surface area contributed by atoms with Crippen molar-refractivity contribution in [2.75, 3.05) is 10.6 Å². The molecule has 9 heteroatoms. The molecular formula is C20H16F3N5S. The Bertz CT molecular complexity index is 1130. The lowest BCUT2D eigenvalue weighted by Gasteiger charge is -2.14. The summed E-state index contributed by atoms with van der Waals surface area (Å²) < 4.78 is 39.4. The molecule has 0 saturated heterocycles. The van der Waals surface area contributed by atoms with E-state index in [1.54, 1.807) is 6.20 Å². The van der Waals surface area contributed by atoms with Crippen molar-refractivity contribution in [2.45, 2.75) is 26.4 Å². The highest BCUT2D eigenvalue weighted by Crippen LogP contribution is 2.38. The SMILES string of the molecule is Cc1ccc(Nc2ncc3c(n2)-c2ccc(C(F)(F)F)cc2NC(=S)C3)c(C)n1. The number of aryl methyl sites for hydroxylation is 2. The molecule has 0 unspecified atom stereocenters. The van der Waals surface area contributed by atoms with E-state index in [2.05, 4.69) is 25.6 Å². The van der Waals surface area contributed by atoms with Gasteiger partial charge >= 0.3 is 6.18 Å².